The topological polar surface area (TPSA) is 186 Å². The first-order chi connectivity index (χ1) is 10.7. The van der Waals surface area contributed by atoms with Crippen LogP contribution < -0.4 is 11.8 Å². The molecule has 0 saturated carbocycles. The first-order valence-corrected chi connectivity index (χ1v) is 9.18. The Kier molecular flexibility index (Phi) is 7.53. The molecule has 7 N–H and O–H groups in total. The van der Waals surface area contributed by atoms with Crippen molar-refractivity contribution < 1.29 is 33.8 Å². The summed E-state index contributed by atoms with van der Waals surface area (Å²) in [5.74, 6) is 0.736. The highest BCUT2D eigenvalue weighted by Crippen LogP contribution is 2.38. The molecule has 24 heavy (non-hydrogen) atoms. The van der Waals surface area contributed by atoms with E-state index >= 15 is 0 Å². The summed E-state index contributed by atoms with van der Waals surface area (Å²) in [4.78, 5) is 33.1. The monoisotopic (exact) mass is 385 g/mol. The largest absolute Gasteiger partial charge is 0.469 e. The molecule has 2 rings (SSSR count). The number of thioether (sulfide) groups is 1. The summed E-state index contributed by atoms with van der Waals surface area (Å²) in [7, 11) is -4.74. The summed E-state index contributed by atoms with van der Waals surface area (Å²) in [6, 6.07) is 1.57. The van der Waals surface area contributed by atoms with Crippen LogP contribution in [0, 0.1) is 0 Å². The fourth-order valence-corrected chi connectivity index (χ4v) is 3.02. The molecule has 138 valence electrons. The molecule has 1 saturated heterocycles. The lowest BCUT2D eigenvalue weighted by Crippen LogP contribution is -2.36. The van der Waals surface area contributed by atoms with Crippen molar-refractivity contribution in [2.45, 2.75) is 36.5 Å². The van der Waals surface area contributed by atoms with Crippen LogP contribution in [-0.4, -0.2) is 60.2 Å². The SMILES string of the molecule is CCSc1ccn([C@@H]2O[C@H](COP(=O)(O)O)[C@@H](O)[C@H]2O)c(=O)n1.N. The number of aliphatic hydroxyl groups is 2. The molecule has 11 nitrogen and oxygen atoms in total. The van der Waals surface area contributed by atoms with Gasteiger partial charge in [-0.15, -0.1) is 11.8 Å². The third-order valence-electron chi connectivity index (χ3n) is 3.11. The summed E-state index contributed by atoms with van der Waals surface area (Å²) >= 11 is 1.37. The lowest BCUT2D eigenvalue weighted by atomic mass is 10.1. The van der Waals surface area contributed by atoms with Gasteiger partial charge in [0.2, 0.25) is 0 Å². The Morgan fingerprint density at radius 1 is 1.42 bits per heavy atom. The molecule has 0 spiro atoms. The van der Waals surface area contributed by atoms with Crippen molar-refractivity contribution >= 4 is 19.6 Å². The van der Waals surface area contributed by atoms with Gasteiger partial charge in [0.1, 0.15) is 23.3 Å². The summed E-state index contributed by atoms with van der Waals surface area (Å²) < 4.78 is 21.2. The summed E-state index contributed by atoms with van der Waals surface area (Å²) in [6.07, 6.45) is -3.98. The summed E-state index contributed by atoms with van der Waals surface area (Å²) in [5, 5.41) is 20.4. The first kappa shape index (κ1) is 21.2. The minimum Gasteiger partial charge on any atom is -0.387 e. The number of hydrogen-bond acceptors (Lipinski definition) is 9. The third kappa shape index (κ3) is 5.09. The Balaban J connectivity index is 0.00000288. The van der Waals surface area contributed by atoms with E-state index in [0.717, 1.165) is 10.3 Å². The number of aromatic nitrogens is 2. The fraction of sp³-hybridized carbons (Fsp3) is 0.636. The zero-order valence-corrected chi connectivity index (χ0v) is 14.5. The Hall–Kier alpha value is -0.820. The smallest absolute Gasteiger partial charge is 0.387 e. The Bertz CT molecular complexity index is 652. The van der Waals surface area contributed by atoms with E-state index in [2.05, 4.69) is 9.51 Å². The Morgan fingerprint density at radius 3 is 2.62 bits per heavy atom. The van der Waals surface area contributed by atoms with E-state index in [1.54, 1.807) is 6.07 Å². The van der Waals surface area contributed by atoms with Crippen LogP contribution in [0.4, 0.5) is 0 Å². The lowest BCUT2D eigenvalue weighted by Gasteiger charge is -2.17. The van der Waals surface area contributed by atoms with Gasteiger partial charge in [0, 0.05) is 6.20 Å². The molecule has 13 heteroatoms. The highest BCUT2D eigenvalue weighted by molar-refractivity contribution is 7.99. The van der Waals surface area contributed by atoms with Crippen LogP contribution in [0.3, 0.4) is 0 Å². The van der Waals surface area contributed by atoms with Crippen LogP contribution in [0.2, 0.25) is 0 Å². The van der Waals surface area contributed by atoms with Gasteiger partial charge >= 0.3 is 13.5 Å². The molecule has 0 aromatic carbocycles. The van der Waals surface area contributed by atoms with Gasteiger partial charge in [-0.05, 0) is 11.8 Å². The standard InChI is InChI=1S/C11H17N2O8PS.H3N/c1-2-23-7-3-4-13(11(16)12-7)10-9(15)8(14)6(21-10)5-20-22(17,18)19;/h3-4,6,8-10,14-15H,2,5H2,1H3,(H2,17,18,19);1H3/t6-,8-,9-,10-;/m1./s1. The highest BCUT2D eigenvalue weighted by Gasteiger charge is 2.44. The maximum absolute atomic E-state index is 12.0. The van der Waals surface area contributed by atoms with E-state index in [9.17, 15) is 19.6 Å². The van der Waals surface area contributed by atoms with Gasteiger partial charge in [-0.25, -0.2) is 9.36 Å². The van der Waals surface area contributed by atoms with Crippen LogP contribution in [0.1, 0.15) is 13.2 Å². The van der Waals surface area contributed by atoms with E-state index < -0.39 is 44.7 Å². The quantitative estimate of drug-likeness (QED) is 0.235. The minimum atomic E-state index is -4.74. The van der Waals surface area contributed by atoms with Gasteiger partial charge in [0.05, 0.1) is 6.61 Å². The molecule has 0 amide bonds. The van der Waals surface area contributed by atoms with Gasteiger partial charge in [0.25, 0.3) is 0 Å². The molecule has 0 unspecified atom stereocenters. The van der Waals surface area contributed by atoms with Gasteiger partial charge in [-0.3, -0.25) is 9.09 Å². The number of nitrogens with zero attached hydrogens (tertiary/aromatic N) is 2. The van der Waals surface area contributed by atoms with Gasteiger partial charge < -0.3 is 30.9 Å². The average molecular weight is 385 g/mol. The van der Waals surface area contributed by atoms with Crippen molar-refractivity contribution in [3.8, 4) is 0 Å². The first-order valence-electron chi connectivity index (χ1n) is 6.66. The predicted molar refractivity (Wildman–Crippen MR) is 83.8 cm³/mol. The molecule has 0 radical (unpaired) electrons. The van der Waals surface area contributed by atoms with Gasteiger partial charge in [0.15, 0.2) is 6.23 Å². The molecule has 0 aliphatic carbocycles. The molecule has 4 atom stereocenters. The zero-order valence-electron chi connectivity index (χ0n) is 12.8. The number of ether oxygens (including phenoxy) is 1. The number of phosphoric ester groups is 1. The van der Waals surface area contributed by atoms with E-state index in [0.29, 0.717) is 5.03 Å². The molecule has 1 aliphatic heterocycles. The van der Waals surface area contributed by atoms with E-state index in [1.807, 2.05) is 6.92 Å². The molecule has 1 aromatic rings. The van der Waals surface area contributed by atoms with Gasteiger partial charge in [-0.1, -0.05) is 6.92 Å². The average Bonchev–Trinajstić information content (AvgIpc) is 2.73. The number of phosphoric acid groups is 1. The maximum Gasteiger partial charge on any atom is 0.469 e. The third-order valence-corrected chi connectivity index (χ3v) is 4.41. The Morgan fingerprint density at radius 2 is 2.08 bits per heavy atom. The minimum absolute atomic E-state index is 0. The lowest BCUT2D eigenvalue weighted by molar-refractivity contribution is -0.0543. The molecule has 0 bridgehead atoms. The molecule has 1 aliphatic rings. The number of aliphatic hydroxyl groups excluding tert-OH is 2. The predicted octanol–water partition coefficient (Wildman–Crippen LogP) is -0.754. The fourth-order valence-electron chi connectivity index (χ4n) is 2.09. The highest BCUT2D eigenvalue weighted by atomic mass is 32.2. The van der Waals surface area contributed by atoms with Crippen molar-refractivity contribution in [2.75, 3.05) is 12.4 Å². The zero-order chi connectivity index (χ0) is 17.2. The van der Waals surface area contributed by atoms with Crippen molar-refractivity contribution in [3.05, 3.63) is 22.7 Å². The molecule has 1 fully saturated rings. The second-order valence-corrected chi connectivity index (χ2v) is 7.24. The number of hydrogen-bond donors (Lipinski definition) is 5. The molecular weight excluding hydrogens is 365 g/mol. The van der Waals surface area contributed by atoms with Crippen molar-refractivity contribution in [1.82, 2.24) is 15.7 Å². The summed E-state index contributed by atoms with van der Waals surface area (Å²) in [6.45, 7) is 1.27. The van der Waals surface area contributed by atoms with Crippen LogP contribution in [0.15, 0.2) is 22.1 Å². The Labute approximate surface area is 141 Å². The van der Waals surface area contributed by atoms with Crippen LogP contribution in [0.5, 0.6) is 0 Å². The van der Waals surface area contributed by atoms with E-state index in [-0.39, 0.29) is 6.15 Å². The van der Waals surface area contributed by atoms with Crippen molar-refractivity contribution in [2.24, 2.45) is 0 Å². The van der Waals surface area contributed by atoms with Crippen LogP contribution >= 0.6 is 19.6 Å². The van der Waals surface area contributed by atoms with Gasteiger partial charge in [-0.2, -0.15) is 4.98 Å². The van der Waals surface area contributed by atoms with Crippen molar-refractivity contribution in [3.63, 3.8) is 0 Å². The molecule has 2 heterocycles. The van der Waals surface area contributed by atoms with E-state index in [4.69, 9.17) is 14.5 Å². The molecule has 1 aromatic heterocycles. The van der Waals surface area contributed by atoms with Crippen LogP contribution in [-0.2, 0) is 13.8 Å². The summed E-state index contributed by atoms with van der Waals surface area (Å²) in [5.41, 5.74) is -0.670. The number of rotatable bonds is 6. The second-order valence-electron chi connectivity index (χ2n) is 4.72. The normalized spacial score (nSPS) is 27.0. The van der Waals surface area contributed by atoms with Crippen LogP contribution in [0.25, 0.3) is 0 Å². The molecular formula is C11H20N3O8PS. The van der Waals surface area contributed by atoms with E-state index in [1.165, 1.54) is 18.0 Å². The van der Waals surface area contributed by atoms with Crippen molar-refractivity contribution in [1.29, 1.82) is 0 Å². The maximum atomic E-state index is 12.0. The second kappa shape index (κ2) is 8.52.